The lowest BCUT2D eigenvalue weighted by molar-refractivity contribution is -0.138. The predicted molar refractivity (Wildman–Crippen MR) is 81.0 cm³/mol. The molecule has 2 N–H and O–H groups in total. The Morgan fingerprint density at radius 2 is 1.86 bits per heavy atom. The van der Waals surface area contributed by atoms with E-state index >= 15 is 0 Å². The van der Waals surface area contributed by atoms with Gasteiger partial charge in [-0.05, 0) is 24.3 Å². The first-order valence-electron chi connectivity index (χ1n) is 7.60. The number of rotatable bonds is 6. The first kappa shape index (κ1) is 15.5. The zero-order chi connectivity index (χ0) is 15.3. The lowest BCUT2D eigenvalue weighted by Crippen LogP contribution is -2.44. The molecule has 1 fully saturated rings. The summed E-state index contributed by atoms with van der Waals surface area (Å²) in [7, 11) is 0. The Kier molecular flexibility index (Phi) is 4.99. The molecule has 0 heterocycles. The molecule has 1 atom stereocenters. The maximum absolute atomic E-state index is 12.7. The van der Waals surface area contributed by atoms with Crippen LogP contribution in [0, 0.1) is 5.92 Å². The van der Waals surface area contributed by atoms with Crippen LogP contribution in [0.15, 0.2) is 30.3 Å². The zero-order valence-electron chi connectivity index (χ0n) is 12.5. The van der Waals surface area contributed by atoms with Crippen LogP contribution in [-0.2, 0) is 15.0 Å². The fourth-order valence-electron chi connectivity index (χ4n) is 3.19. The van der Waals surface area contributed by atoms with Gasteiger partial charge in [0.25, 0.3) is 0 Å². The Morgan fingerprint density at radius 3 is 2.43 bits per heavy atom. The van der Waals surface area contributed by atoms with Crippen LogP contribution in [0.25, 0.3) is 0 Å². The predicted octanol–water partition coefficient (Wildman–Crippen LogP) is 2.73. The van der Waals surface area contributed by atoms with Gasteiger partial charge in [0.15, 0.2) is 0 Å². The van der Waals surface area contributed by atoms with Crippen molar-refractivity contribution in [3.8, 4) is 0 Å². The largest absolute Gasteiger partial charge is 0.481 e. The summed E-state index contributed by atoms with van der Waals surface area (Å²) in [5, 5.41) is 11.7. The molecule has 0 radical (unpaired) electrons. The van der Waals surface area contributed by atoms with Gasteiger partial charge < -0.3 is 10.4 Å². The number of amides is 1. The van der Waals surface area contributed by atoms with E-state index in [1.807, 2.05) is 37.3 Å². The molecule has 21 heavy (non-hydrogen) atoms. The van der Waals surface area contributed by atoms with Crippen LogP contribution in [0.5, 0.6) is 0 Å². The van der Waals surface area contributed by atoms with E-state index in [2.05, 4.69) is 5.32 Å². The van der Waals surface area contributed by atoms with Gasteiger partial charge in [-0.3, -0.25) is 9.59 Å². The maximum Gasteiger partial charge on any atom is 0.303 e. The molecule has 1 aromatic carbocycles. The van der Waals surface area contributed by atoms with Crippen molar-refractivity contribution in [3.63, 3.8) is 0 Å². The molecule has 4 nitrogen and oxygen atoms in total. The molecule has 1 aliphatic rings. The van der Waals surface area contributed by atoms with Gasteiger partial charge in [-0.1, -0.05) is 50.1 Å². The number of hydrogen-bond acceptors (Lipinski definition) is 2. The van der Waals surface area contributed by atoms with Gasteiger partial charge in [-0.25, -0.2) is 0 Å². The summed E-state index contributed by atoms with van der Waals surface area (Å²) in [6.45, 7) is 2.26. The molecule has 0 aromatic heterocycles. The van der Waals surface area contributed by atoms with Crippen molar-refractivity contribution < 1.29 is 14.7 Å². The quantitative estimate of drug-likeness (QED) is 0.846. The van der Waals surface area contributed by atoms with E-state index in [1.54, 1.807) is 0 Å². The molecule has 0 spiro atoms. The summed E-state index contributed by atoms with van der Waals surface area (Å²) >= 11 is 0. The number of benzene rings is 1. The highest BCUT2D eigenvalue weighted by atomic mass is 16.4. The summed E-state index contributed by atoms with van der Waals surface area (Å²) in [5.74, 6) is -0.834. The summed E-state index contributed by atoms with van der Waals surface area (Å²) in [5.41, 5.74) is 0.649. The second kappa shape index (κ2) is 6.74. The van der Waals surface area contributed by atoms with Crippen LogP contribution < -0.4 is 5.32 Å². The van der Waals surface area contributed by atoms with Crippen LogP contribution in [0.3, 0.4) is 0 Å². The molecule has 1 unspecified atom stereocenters. The number of carbonyl (C=O) groups is 2. The molecule has 114 valence electrons. The van der Waals surface area contributed by atoms with Gasteiger partial charge in [0.1, 0.15) is 0 Å². The van der Waals surface area contributed by atoms with Crippen LogP contribution in [0.4, 0.5) is 0 Å². The highest BCUT2D eigenvalue weighted by molar-refractivity contribution is 5.88. The van der Waals surface area contributed by atoms with Crippen LogP contribution in [0.2, 0.25) is 0 Å². The third kappa shape index (κ3) is 3.63. The fourth-order valence-corrected chi connectivity index (χ4v) is 3.19. The third-order valence-corrected chi connectivity index (χ3v) is 4.35. The molecule has 0 saturated heterocycles. The van der Waals surface area contributed by atoms with Crippen molar-refractivity contribution in [1.29, 1.82) is 0 Å². The number of hydrogen-bond donors (Lipinski definition) is 2. The van der Waals surface area contributed by atoms with E-state index in [1.165, 1.54) is 0 Å². The van der Waals surface area contributed by atoms with Gasteiger partial charge in [-0.15, -0.1) is 0 Å². The normalized spacial score (nSPS) is 18.1. The fraction of sp³-hybridized carbons (Fsp3) is 0.529. The van der Waals surface area contributed by atoms with Gasteiger partial charge in [0, 0.05) is 13.0 Å². The van der Waals surface area contributed by atoms with Gasteiger partial charge >= 0.3 is 5.97 Å². The van der Waals surface area contributed by atoms with E-state index in [4.69, 9.17) is 5.11 Å². The molecule has 1 aliphatic carbocycles. The first-order valence-corrected chi connectivity index (χ1v) is 7.60. The Balaban J connectivity index is 2.05. The minimum atomic E-state index is -0.824. The van der Waals surface area contributed by atoms with E-state index in [0.717, 1.165) is 31.2 Å². The number of carboxylic acids is 1. The lowest BCUT2D eigenvalue weighted by atomic mass is 9.78. The van der Waals surface area contributed by atoms with Crippen molar-refractivity contribution in [3.05, 3.63) is 35.9 Å². The summed E-state index contributed by atoms with van der Waals surface area (Å²) < 4.78 is 0. The smallest absolute Gasteiger partial charge is 0.303 e. The molecule has 0 bridgehead atoms. The van der Waals surface area contributed by atoms with Crippen molar-refractivity contribution in [2.75, 3.05) is 6.54 Å². The molecule has 1 amide bonds. The summed E-state index contributed by atoms with van der Waals surface area (Å²) in [6.07, 6.45) is 3.95. The molecule has 4 heteroatoms. The maximum atomic E-state index is 12.7. The van der Waals surface area contributed by atoms with Crippen molar-refractivity contribution in [2.45, 2.75) is 44.4 Å². The van der Waals surface area contributed by atoms with Crippen molar-refractivity contribution in [1.82, 2.24) is 5.32 Å². The first-order chi connectivity index (χ1) is 10.0. The highest BCUT2D eigenvalue weighted by Gasteiger charge is 2.42. The number of aliphatic carboxylic acids is 1. The standard InChI is InChI=1S/C17H23NO3/c1-13(11-15(19)20)12-18-16(21)17(9-5-6-10-17)14-7-3-2-4-8-14/h2-4,7-8,13H,5-6,9-12H2,1H3,(H,18,21)(H,19,20). The Morgan fingerprint density at radius 1 is 1.24 bits per heavy atom. The zero-order valence-corrected chi connectivity index (χ0v) is 12.5. The van der Waals surface area contributed by atoms with E-state index in [0.29, 0.717) is 6.54 Å². The molecule has 0 aliphatic heterocycles. The third-order valence-electron chi connectivity index (χ3n) is 4.35. The second-order valence-corrected chi connectivity index (χ2v) is 6.07. The van der Waals surface area contributed by atoms with Crippen molar-refractivity contribution in [2.24, 2.45) is 5.92 Å². The molecule has 1 aromatic rings. The minimum absolute atomic E-state index is 0.0449. The summed E-state index contributed by atoms with van der Waals surface area (Å²) in [4.78, 5) is 23.4. The summed E-state index contributed by atoms with van der Waals surface area (Å²) in [6, 6.07) is 9.93. The van der Waals surface area contributed by atoms with Crippen LogP contribution in [0.1, 0.15) is 44.6 Å². The minimum Gasteiger partial charge on any atom is -0.481 e. The van der Waals surface area contributed by atoms with E-state index < -0.39 is 11.4 Å². The van der Waals surface area contributed by atoms with Gasteiger partial charge in [-0.2, -0.15) is 0 Å². The SMILES string of the molecule is CC(CNC(=O)C1(c2ccccc2)CCCC1)CC(=O)O. The number of carbonyl (C=O) groups excluding carboxylic acids is 1. The molecular formula is C17H23NO3. The van der Waals surface area contributed by atoms with Crippen LogP contribution in [-0.4, -0.2) is 23.5 Å². The Labute approximate surface area is 125 Å². The van der Waals surface area contributed by atoms with Gasteiger partial charge in [0.2, 0.25) is 5.91 Å². The number of carboxylic acid groups (broad SMARTS) is 1. The van der Waals surface area contributed by atoms with Crippen molar-refractivity contribution >= 4 is 11.9 Å². The second-order valence-electron chi connectivity index (χ2n) is 6.07. The van der Waals surface area contributed by atoms with Crippen LogP contribution >= 0.6 is 0 Å². The average molecular weight is 289 g/mol. The Hall–Kier alpha value is -1.84. The highest BCUT2D eigenvalue weighted by Crippen LogP contribution is 2.41. The molecule has 2 rings (SSSR count). The topological polar surface area (TPSA) is 66.4 Å². The molecular weight excluding hydrogens is 266 g/mol. The Bertz CT molecular complexity index is 492. The van der Waals surface area contributed by atoms with Gasteiger partial charge in [0.05, 0.1) is 5.41 Å². The van der Waals surface area contributed by atoms with E-state index in [-0.39, 0.29) is 18.2 Å². The average Bonchev–Trinajstić information content (AvgIpc) is 2.96. The monoisotopic (exact) mass is 289 g/mol. The van der Waals surface area contributed by atoms with E-state index in [9.17, 15) is 9.59 Å². The lowest BCUT2D eigenvalue weighted by Gasteiger charge is -2.29. The molecule has 1 saturated carbocycles. The number of nitrogens with one attached hydrogen (secondary N) is 1.